The lowest BCUT2D eigenvalue weighted by Gasteiger charge is -2.09. The maximum atomic E-state index is 12.3. The molecule has 6 nitrogen and oxygen atoms in total. The Morgan fingerprint density at radius 3 is 2.52 bits per heavy atom. The van der Waals surface area contributed by atoms with Crippen molar-refractivity contribution in [3.63, 3.8) is 0 Å². The van der Waals surface area contributed by atoms with E-state index in [1.165, 1.54) is 17.7 Å². The van der Waals surface area contributed by atoms with Crippen LogP contribution in [0.5, 0.6) is 0 Å². The van der Waals surface area contributed by atoms with Gasteiger partial charge in [-0.3, -0.25) is 14.9 Å². The molecule has 0 spiro atoms. The molecule has 0 saturated heterocycles. The first-order valence-corrected chi connectivity index (χ1v) is 7.57. The van der Waals surface area contributed by atoms with E-state index in [4.69, 9.17) is 0 Å². The summed E-state index contributed by atoms with van der Waals surface area (Å²) in [6.07, 6.45) is 5.78. The van der Waals surface area contributed by atoms with E-state index in [1.807, 2.05) is 24.5 Å². The predicted molar refractivity (Wildman–Crippen MR) is 87.1 cm³/mol. The van der Waals surface area contributed by atoms with Gasteiger partial charge in [-0.1, -0.05) is 25.5 Å². The van der Waals surface area contributed by atoms with Gasteiger partial charge in [0.05, 0.1) is 4.92 Å². The number of para-hydroxylation sites is 2. The SMILES string of the molecule is CCCc1cc[n+]([C@@H](C)C(=O)Nc2ccccc2[N+](=O)[O-])cc1. The molecule has 2 aromatic rings. The van der Waals surface area contributed by atoms with Crippen molar-refractivity contribution in [3.8, 4) is 0 Å². The maximum absolute atomic E-state index is 12.3. The second-order valence-corrected chi connectivity index (χ2v) is 5.34. The molecule has 0 bridgehead atoms. The highest BCUT2D eigenvalue weighted by Gasteiger charge is 2.24. The normalized spacial score (nSPS) is 11.7. The van der Waals surface area contributed by atoms with Gasteiger partial charge < -0.3 is 5.32 Å². The van der Waals surface area contributed by atoms with Gasteiger partial charge in [-0.2, -0.15) is 4.57 Å². The zero-order chi connectivity index (χ0) is 16.8. The second kappa shape index (κ2) is 7.49. The molecule has 120 valence electrons. The van der Waals surface area contributed by atoms with Gasteiger partial charge in [0.2, 0.25) is 6.04 Å². The van der Waals surface area contributed by atoms with Crippen molar-refractivity contribution in [2.75, 3.05) is 5.32 Å². The predicted octanol–water partition coefficient (Wildman–Crippen LogP) is 3.03. The lowest BCUT2D eigenvalue weighted by Crippen LogP contribution is -2.44. The molecule has 0 fully saturated rings. The van der Waals surface area contributed by atoms with Gasteiger partial charge in [-0.15, -0.1) is 0 Å². The number of nitrogens with zero attached hydrogens (tertiary/aromatic N) is 2. The number of pyridine rings is 1. The van der Waals surface area contributed by atoms with E-state index in [1.54, 1.807) is 23.6 Å². The zero-order valence-corrected chi connectivity index (χ0v) is 13.2. The Balaban J connectivity index is 2.12. The van der Waals surface area contributed by atoms with Crippen LogP contribution in [0.25, 0.3) is 0 Å². The highest BCUT2D eigenvalue weighted by atomic mass is 16.6. The van der Waals surface area contributed by atoms with Crippen LogP contribution in [0.3, 0.4) is 0 Å². The van der Waals surface area contributed by atoms with E-state index >= 15 is 0 Å². The van der Waals surface area contributed by atoms with Gasteiger partial charge in [-0.05, 0) is 18.1 Å². The third kappa shape index (κ3) is 4.12. The molecule has 2 rings (SSSR count). The third-order valence-corrected chi connectivity index (χ3v) is 3.65. The molecule has 23 heavy (non-hydrogen) atoms. The number of nitro benzene ring substituents is 1. The van der Waals surface area contributed by atoms with Crippen LogP contribution >= 0.6 is 0 Å². The molecular formula is C17H20N3O3+. The Kier molecular flexibility index (Phi) is 5.41. The number of rotatable bonds is 6. The van der Waals surface area contributed by atoms with Gasteiger partial charge in [-0.25, -0.2) is 0 Å². The average Bonchev–Trinajstić information content (AvgIpc) is 2.55. The number of carbonyl (C=O) groups excluding carboxylic acids is 1. The monoisotopic (exact) mass is 314 g/mol. The minimum atomic E-state index is -0.507. The van der Waals surface area contributed by atoms with E-state index in [0.717, 1.165) is 12.8 Å². The van der Waals surface area contributed by atoms with Gasteiger partial charge >= 0.3 is 0 Å². The van der Waals surface area contributed by atoms with Crippen LogP contribution in [0.2, 0.25) is 0 Å². The molecule has 1 N–H and O–H groups in total. The van der Waals surface area contributed by atoms with Crippen LogP contribution in [0.4, 0.5) is 11.4 Å². The van der Waals surface area contributed by atoms with Crippen molar-refractivity contribution >= 4 is 17.3 Å². The van der Waals surface area contributed by atoms with E-state index in [9.17, 15) is 14.9 Å². The topological polar surface area (TPSA) is 76.1 Å². The molecule has 1 aromatic carbocycles. The van der Waals surface area contributed by atoms with E-state index in [2.05, 4.69) is 12.2 Å². The van der Waals surface area contributed by atoms with Gasteiger partial charge in [0.1, 0.15) is 5.69 Å². The van der Waals surface area contributed by atoms with Crippen LogP contribution in [-0.2, 0) is 11.2 Å². The molecule has 1 heterocycles. The summed E-state index contributed by atoms with van der Waals surface area (Å²) in [7, 11) is 0. The Morgan fingerprint density at radius 2 is 1.91 bits per heavy atom. The first-order chi connectivity index (χ1) is 11.0. The number of aromatic nitrogens is 1. The molecular weight excluding hydrogens is 294 g/mol. The highest BCUT2D eigenvalue weighted by Crippen LogP contribution is 2.23. The number of amides is 1. The number of hydrogen-bond donors (Lipinski definition) is 1. The second-order valence-electron chi connectivity index (χ2n) is 5.34. The number of benzene rings is 1. The van der Waals surface area contributed by atoms with Crippen molar-refractivity contribution in [3.05, 3.63) is 64.5 Å². The fraction of sp³-hybridized carbons (Fsp3) is 0.294. The summed E-state index contributed by atoms with van der Waals surface area (Å²) in [6, 6.07) is 9.62. The summed E-state index contributed by atoms with van der Waals surface area (Å²) in [4.78, 5) is 22.8. The zero-order valence-electron chi connectivity index (χ0n) is 13.2. The standard InChI is InChI=1S/C17H19N3O3/c1-3-6-14-9-11-19(12-10-14)13(2)17(21)18-15-7-4-5-8-16(15)20(22)23/h4-5,7-13H,3,6H2,1-2H3/p+1/t13-/m0/s1. The molecule has 1 aromatic heterocycles. The van der Waals surface area contributed by atoms with Crippen molar-refractivity contribution in [1.82, 2.24) is 0 Å². The van der Waals surface area contributed by atoms with Crippen LogP contribution in [0.15, 0.2) is 48.8 Å². The van der Waals surface area contributed by atoms with E-state index in [-0.39, 0.29) is 17.3 Å². The Bertz CT molecular complexity index is 698. The maximum Gasteiger partial charge on any atom is 0.293 e. The quantitative estimate of drug-likeness (QED) is 0.506. The molecule has 0 saturated carbocycles. The first-order valence-electron chi connectivity index (χ1n) is 7.57. The first kappa shape index (κ1) is 16.6. The summed E-state index contributed by atoms with van der Waals surface area (Å²) in [6.45, 7) is 3.87. The van der Waals surface area contributed by atoms with Crippen molar-refractivity contribution in [1.29, 1.82) is 0 Å². The van der Waals surface area contributed by atoms with E-state index in [0.29, 0.717) is 0 Å². The molecule has 0 radical (unpaired) electrons. The minimum Gasteiger partial charge on any atom is -0.315 e. The molecule has 6 heteroatoms. The van der Waals surface area contributed by atoms with E-state index < -0.39 is 11.0 Å². The number of nitro groups is 1. The number of carbonyl (C=O) groups is 1. The molecule has 1 atom stereocenters. The largest absolute Gasteiger partial charge is 0.315 e. The Morgan fingerprint density at radius 1 is 1.26 bits per heavy atom. The minimum absolute atomic E-state index is 0.114. The van der Waals surface area contributed by atoms with Gasteiger partial charge in [0.25, 0.3) is 11.6 Å². The molecule has 0 unspecified atom stereocenters. The Labute approximate surface area is 134 Å². The summed E-state index contributed by atoms with van der Waals surface area (Å²) >= 11 is 0. The lowest BCUT2D eigenvalue weighted by molar-refractivity contribution is -0.705. The third-order valence-electron chi connectivity index (χ3n) is 3.65. The fourth-order valence-electron chi connectivity index (χ4n) is 2.29. The molecule has 0 aliphatic heterocycles. The summed E-state index contributed by atoms with van der Waals surface area (Å²) in [5.41, 5.74) is 1.31. The van der Waals surface area contributed by atoms with Crippen LogP contribution < -0.4 is 9.88 Å². The molecule has 0 aliphatic carbocycles. The number of hydrogen-bond acceptors (Lipinski definition) is 3. The lowest BCUT2D eigenvalue weighted by atomic mass is 10.1. The van der Waals surface area contributed by atoms with Gasteiger partial charge in [0.15, 0.2) is 12.4 Å². The van der Waals surface area contributed by atoms with Crippen molar-refractivity contribution in [2.45, 2.75) is 32.7 Å². The van der Waals surface area contributed by atoms with Gasteiger partial charge in [0, 0.05) is 25.1 Å². The summed E-state index contributed by atoms with van der Waals surface area (Å²) in [5, 5.41) is 13.6. The summed E-state index contributed by atoms with van der Waals surface area (Å²) in [5.74, 6) is -0.299. The van der Waals surface area contributed by atoms with Crippen LogP contribution in [0.1, 0.15) is 31.9 Å². The summed E-state index contributed by atoms with van der Waals surface area (Å²) < 4.78 is 1.78. The smallest absolute Gasteiger partial charge is 0.293 e. The number of aryl methyl sites for hydroxylation is 1. The number of anilines is 1. The van der Waals surface area contributed by atoms with Crippen LogP contribution in [0, 0.1) is 10.1 Å². The van der Waals surface area contributed by atoms with Crippen molar-refractivity contribution in [2.24, 2.45) is 0 Å². The van der Waals surface area contributed by atoms with Crippen LogP contribution in [-0.4, -0.2) is 10.8 Å². The fourth-order valence-corrected chi connectivity index (χ4v) is 2.29. The van der Waals surface area contributed by atoms with Crippen molar-refractivity contribution < 1.29 is 14.3 Å². The Hall–Kier alpha value is -2.76. The average molecular weight is 314 g/mol. The highest BCUT2D eigenvalue weighted by molar-refractivity contribution is 5.94. The number of nitrogens with one attached hydrogen (secondary N) is 1. The molecule has 1 amide bonds. The molecule has 0 aliphatic rings.